The van der Waals surface area contributed by atoms with Crippen LogP contribution < -0.4 is 5.32 Å². The van der Waals surface area contributed by atoms with E-state index >= 15 is 0 Å². The van der Waals surface area contributed by atoms with Gasteiger partial charge in [-0.05, 0) is 25.5 Å². The summed E-state index contributed by atoms with van der Waals surface area (Å²) < 4.78 is 0. The summed E-state index contributed by atoms with van der Waals surface area (Å²) in [6.45, 7) is 5.24. The van der Waals surface area contributed by atoms with Gasteiger partial charge in [-0.3, -0.25) is 24.1 Å². The maximum Gasteiger partial charge on any atom is 0.233 e. The minimum atomic E-state index is -0.893. The molecule has 1 aromatic carbocycles. The number of para-hydroxylation sites is 1. The number of benzene rings is 1. The average molecular weight is 541 g/mol. The highest BCUT2D eigenvalue weighted by molar-refractivity contribution is 6.12. The highest BCUT2D eigenvalue weighted by Gasteiger charge is 2.42. The summed E-state index contributed by atoms with van der Waals surface area (Å²) >= 11 is 0. The maximum absolute atomic E-state index is 13.2. The molecule has 2 unspecified atom stereocenters. The minimum absolute atomic E-state index is 0.183. The van der Waals surface area contributed by atoms with Gasteiger partial charge in [-0.25, -0.2) is 0 Å². The molecule has 1 saturated heterocycles. The quantitative estimate of drug-likeness (QED) is 0.0966. The Morgan fingerprint density at radius 2 is 1.31 bits per heavy atom. The Kier molecular flexibility index (Phi) is 15.7. The number of carbonyl (C=O) groups excluding carboxylic acids is 4. The van der Waals surface area contributed by atoms with Crippen molar-refractivity contribution >= 4 is 29.2 Å². The van der Waals surface area contributed by atoms with E-state index in [9.17, 15) is 19.2 Å². The smallest absolute Gasteiger partial charge is 0.233 e. The molecule has 1 fully saturated rings. The fourth-order valence-electron chi connectivity index (χ4n) is 5.63. The number of amides is 3. The van der Waals surface area contributed by atoms with E-state index in [-0.39, 0.29) is 35.8 Å². The van der Waals surface area contributed by atoms with E-state index in [2.05, 4.69) is 12.2 Å². The lowest BCUT2D eigenvalue weighted by atomic mass is 9.98. The number of ketones is 1. The van der Waals surface area contributed by atoms with Gasteiger partial charge in [-0.1, -0.05) is 122 Å². The second kappa shape index (κ2) is 18.7. The van der Waals surface area contributed by atoms with Crippen LogP contribution in [-0.4, -0.2) is 34.4 Å². The molecule has 2 rings (SSSR count). The molecule has 0 spiro atoms. The van der Waals surface area contributed by atoms with Gasteiger partial charge in [0.15, 0.2) is 5.78 Å². The summed E-state index contributed by atoms with van der Waals surface area (Å²) in [5, 5.41) is 2.66. The molecule has 0 radical (unpaired) electrons. The first-order valence-corrected chi connectivity index (χ1v) is 15.6. The number of hydrogen-bond donors (Lipinski definition) is 1. The molecule has 6 nitrogen and oxygen atoms in total. The molecule has 0 bridgehead atoms. The van der Waals surface area contributed by atoms with E-state index in [1.54, 1.807) is 31.2 Å². The largest absolute Gasteiger partial charge is 0.326 e. The lowest BCUT2D eigenvalue weighted by Gasteiger charge is -2.23. The third-order valence-corrected chi connectivity index (χ3v) is 7.95. The van der Waals surface area contributed by atoms with E-state index in [0.29, 0.717) is 17.7 Å². The number of imide groups is 1. The first-order valence-electron chi connectivity index (χ1n) is 15.6. The van der Waals surface area contributed by atoms with Crippen LogP contribution in [0.5, 0.6) is 0 Å². The summed E-state index contributed by atoms with van der Waals surface area (Å²) in [5.41, 5.74) is 0.702. The molecule has 0 aliphatic carbocycles. The number of nitrogens with one attached hydrogen (secondary N) is 1. The van der Waals surface area contributed by atoms with Crippen molar-refractivity contribution in [1.82, 2.24) is 4.90 Å². The van der Waals surface area contributed by atoms with E-state index < -0.39 is 6.04 Å². The van der Waals surface area contributed by atoms with Crippen LogP contribution in [0.25, 0.3) is 0 Å². The van der Waals surface area contributed by atoms with Crippen LogP contribution in [0.4, 0.5) is 5.69 Å². The SMILES string of the molecule is CCCCCCCCCCCCCCCCCCC1CC(=O)N(C(C)C(=O)c2ccccc2NC(C)=O)C1=O. The Bertz CT molecular complexity index is 913. The molecule has 1 heterocycles. The zero-order valence-corrected chi connectivity index (χ0v) is 24.8. The van der Waals surface area contributed by atoms with Crippen molar-refractivity contribution in [2.75, 3.05) is 5.32 Å². The Morgan fingerprint density at radius 1 is 0.821 bits per heavy atom. The van der Waals surface area contributed by atoms with Crippen molar-refractivity contribution in [2.45, 2.75) is 142 Å². The standard InChI is InChI=1S/C33H52N2O4/c1-4-5-6-7-8-9-10-11-12-13-14-15-16-17-18-19-22-28-25-31(37)35(33(28)39)26(2)32(38)29-23-20-21-24-30(29)34-27(3)36/h20-21,23-24,26,28H,4-19,22,25H2,1-3H3,(H,34,36). The third-order valence-electron chi connectivity index (χ3n) is 7.95. The van der Waals surface area contributed by atoms with E-state index in [1.807, 2.05) is 0 Å². The molecule has 1 N–H and O–H groups in total. The van der Waals surface area contributed by atoms with Gasteiger partial charge in [-0.15, -0.1) is 0 Å². The number of carbonyl (C=O) groups is 4. The van der Waals surface area contributed by atoms with E-state index in [0.717, 1.165) is 17.7 Å². The van der Waals surface area contributed by atoms with Gasteiger partial charge < -0.3 is 5.32 Å². The van der Waals surface area contributed by atoms with Crippen molar-refractivity contribution < 1.29 is 19.2 Å². The molecular weight excluding hydrogens is 488 g/mol. The number of Topliss-reactive ketones (excluding diaryl/α,β-unsaturated/α-hetero) is 1. The van der Waals surface area contributed by atoms with E-state index in [4.69, 9.17) is 0 Å². The normalized spacial score (nSPS) is 16.1. The lowest BCUT2D eigenvalue weighted by molar-refractivity contribution is -0.140. The molecule has 0 aromatic heterocycles. The summed E-state index contributed by atoms with van der Waals surface area (Å²) in [5.74, 6) is -1.47. The van der Waals surface area contributed by atoms with Crippen molar-refractivity contribution in [3.8, 4) is 0 Å². The zero-order valence-electron chi connectivity index (χ0n) is 24.8. The number of hydrogen-bond acceptors (Lipinski definition) is 4. The first kappa shape index (κ1) is 32.7. The van der Waals surface area contributed by atoms with E-state index in [1.165, 1.54) is 96.8 Å². The summed E-state index contributed by atoms with van der Waals surface area (Å²) in [6, 6.07) is 5.81. The van der Waals surface area contributed by atoms with Crippen LogP contribution in [0.1, 0.15) is 147 Å². The topological polar surface area (TPSA) is 83.6 Å². The fourth-order valence-corrected chi connectivity index (χ4v) is 5.63. The Labute approximate surface area is 236 Å². The molecule has 1 aromatic rings. The number of nitrogens with zero attached hydrogens (tertiary/aromatic N) is 1. The van der Waals surface area contributed by atoms with Gasteiger partial charge in [-0.2, -0.15) is 0 Å². The van der Waals surface area contributed by atoms with Gasteiger partial charge in [0, 0.05) is 24.8 Å². The predicted molar refractivity (Wildman–Crippen MR) is 159 cm³/mol. The molecule has 3 amide bonds. The summed E-state index contributed by atoms with van der Waals surface area (Å²) in [4.78, 5) is 51.5. The molecular formula is C33H52N2O4. The molecule has 1 aliphatic rings. The van der Waals surface area contributed by atoms with Crippen molar-refractivity contribution in [2.24, 2.45) is 5.92 Å². The van der Waals surface area contributed by atoms with Crippen LogP contribution >= 0.6 is 0 Å². The second-order valence-corrected chi connectivity index (χ2v) is 11.4. The average Bonchev–Trinajstić information content (AvgIpc) is 3.20. The number of anilines is 1. The highest BCUT2D eigenvalue weighted by atomic mass is 16.2. The van der Waals surface area contributed by atoms with Gasteiger partial charge in [0.25, 0.3) is 0 Å². The predicted octanol–water partition coefficient (Wildman–Crippen LogP) is 8.24. The zero-order chi connectivity index (χ0) is 28.5. The minimum Gasteiger partial charge on any atom is -0.326 e. The third kappa shape index (κ3) is 11.6. The van der Waals surface area contributed by atoms with Gasteiger partial charge in [0.1, 0.15) is 0 Å². The molecule has 39 heavy (non-hydrogen) atoms. The van der Waals surface area contributed by atoms with Gasteiger partial charge >= 0.3 is 0 Å². The van der Waals surface area contributed by atoms with Crippen LogP contribution in [0.2, 0.25) is 0 Å². The maximum atomic E-state index is 13.2. The van der Waals surface area contributed by atoms with Crippen molar-refractivity contribution in [1.29, 1.82) is 0 Å². The molecule has 2 atom stereocenters. The van der Waals surface area contributed by atoms with Crippen LogP contribution in [0, 0.1) is 5.92 Å². The number of likely N-dealkylation sites (tertiary alicyclic amines) is 1. The van der Waals surface area contributed by atoms with Crippen LogP contribution in [0.15, 0.2) is 24.3 Å². The number of rotatable bonds is 21. The Balaban J connectivity index is 1.59. The van der Waals surface area contributed by atoms with Gasteiger partial charge in [0.2, 0.25) is 17.7 Å². The van der Waals surface area contributed by atoms with Crippen molar-refractivity contribution in [3.05, 3.63) is 29.8 Å². The Morgan fingerprint density at radius 3 is 1.82 bits per heavy atom. The van der Waals surface area contributed by atoms with Gasteiger partial charge in [0.05, 0.1) is 11.7 Å². The van der Waals surface area contributed by atoms with Crippen LogP contribution in [-0.2, 0) is 14.4 Å². The molecule has 1 aliphatic heterocycles. The fraction of sp³-hybridized carbons (Fsp3) is 0.697. The van der Waals surface area contributed by atoms with Crippen LogP contribution in [0.3, 0.4) is 0 Å². The molecule has 0 saturated carbocycles. The number of unbranched alkanes of at least 4 members (excludes halogenated alkanes) is 15. The monoisotopic (exact) mass is 540 g/mol. The van der Waals surface area contributed by atoms with Crippen molar-refractivity contribution in [3.63, 3.8) is 0 Å². The second-order valence-electron chi connectivity index (χ2n) is 11.4. The lowest BCUT2D eigenvalue weighted by Crippen LogP contribution is -2.43. The molecule has 6 heteroatoms. The summed E-state index contributed by atoms with van der Waals surface area (Å²) in [6.07, 6.45) is 21.7. The summed E-state index contributed by atoms with van der Waals surface area (Å²) in [7, 11) is 0. The highest BCUT2D eigenvalue weighted by Crippen LogP contribution is 2.29. The first-order chi connectivity index (χ1) is 18.9. The molecule has 218 valence electrons. The Hall–Kier alpha value is -2.50.